The molecule has 130 valence electrons. The molecule has 0 fully saturated rings. The molecular formula is C18H16F2N2O2S. The van der Waals surface area contributed by atoms with E-state index >= 15 is 0 Å². The second-order valence-corrected chi connectivity index (χ2v) is 8.21. The highest BCUT2D eigenvalue weighted by molar-refractivity contribution is 7.89. The zero-order valence-electron chi connectivity index (χ0n) is 13.5. The molecule has 2 heterocycles. The Morgan fingerprint density at radius 3 is 2.68 bits per heavy atom. The highest BCUT2D eigenvalue weighted by Gasteiger charge is 2.30. The van der Waals surface area contributed by atoms with E-state index in [2.05, 4.69) is 4.98 Å². The number of benzene rings is 2. The van der Waals surface area contributed by atoms with E-state index in [1.807, 2.05) is 0 Å². The lowest BCUT2D eigenvalue weighted by Gasteiger charge is -2.26. The third-order valence-electron chi connectivity index (χ3n) is 4.67. The molecular weight excluding hydrogens is 346 g/mol. The molecule has 0 atom stereocenters. The minimum atomic E-state index is -3.72. The molecule has 1 aromatic heterocycles. The van der Waals surface area contributed by atoms with Crippen LogP contribution < -0.4 is 0 Å². The average molecular weight is 362 g/mol. The van der Waals surface area contributed by atoms with Crippen LogP contribution in [0.5, 0.6) is 0 Å². The predicted octanol–water partition coefficient (Wildman–Crippen LogP) is 3.50. The van der Waals surface area contributed by atoms with Gasteiger partial charge in [0.05, 0.1) is 4.90 Å². The van der Waals surface area contributed by atoms with Crippen LogP contribution in [0.2, 0.25) is 0 Å². The van der Waals surface area contributed by atoms with Gasteiger partial charge in [-0.2, -0.15) is 4.31 Å². The van der Waals surface area contributed by atoms with Gasteiger partial charge in [-0.1, -0.05) is 0 Å². The lowest BCUT2D eigenvalue weighted by atomic mass is 10.1. The fraction of sp³-hybridized carbons (Fsp3) is 0.222. The fourth-order valence-corrected chi connectivity index (χ4v) is 4.80. The van der Waals surface area contributed by atoms with Gasteiger partial charge >= 0.3 is 0 Å². The summed E-state index contributed by atoms with van der Waals surface area (Å²) >= 11 is 0. The maximum atomic E-state index is 13.4. The maximum Gasteiger partial charge on any atom is 0.243 e. The highest BCUT2D eigenvalue weighted by atomic mass is 32.2. The van der Waals surface area contributed by atoms with Gasteiger partial charge < -0.3 is 4.98 Å². The Morgan fingerprint density at radius 1 is 1.12 bits per heavy atom. The number of H-pyrrole nitrogens is 1. The quantitative estimate of drug-likeness (QED) is 0.759. The highest BCUT2D eigenvalue weighted by Crippen LogP contribution is 2.31. The Kier molecular flexibility index (Phi) is 3.66. The molecule has 0 saturated heterocycles. The summed E-state index contributed by atoms with van der Waals surface area (Å²) in [5.74, 6) is -0.768. The van der Waals surface area contributed by atoms with Gasteiger partial charge in [-0.3, -0.25) is 0 Å². The van der Waals surface area contributed by atoms with E-state index in [9.17, 15) is 17.2 Å². The average Bonchev–Trinajstić information content (AvgIpc) is 2.93. The number of halogens is 2. The van der Waals surface area contributed by atoms with Crippen LogP contribution in [0.1, 0.15) is 16.8 Å². The molecule has 0 saturated carbocycles. The molecule has 2 aromatic carbocycles. The van der Waals surface area contributed by atoms with Crippen LogP contribution in [0.4, 0.5) is 8.78 Å². The van der Waals surface area contributed by atoms with Crippen LogP contribution in [-0.2, 0) is 23.0 Å². The minimum absolute atomic E-state index is 0.0840. The molecule has 1 aliphatic rings. The molecule has 4 rings (SSSR count). The number of aromatic nitrogens is 1. The van der Waals surface area contributed by atoms with Gasteiger partial charge in [0.15, 0.2) is 0 Å². The lowest BCUT2D eigenvalue weighted by Crippen LogP contribution is -2.35. The summed E-state index contributed by atoms with van der Waals surface area (Å²) < 4.78 is 54.0. The first-order valence-corrected chi connectivity index (χ1v) is 9.35. The molecule has 7 heteroatoms. The fourth-order valence-electron chi connectivity index (χ4n) is 3.30. The van der Waals surface area contributed by atoms with E-state index < -0.39 is 15.8 Å². The topological polar surface area (TPSA) is 53.2 Å². The Labute approximate surface area is 144 Å². The molecule has 4 nitrogen and oxygen atoms in total. The largest absolute Gasteiger partial charge is 0.358 e. The van der Waals surface area contributed by atoms with E-state index in [1.54, 1.807) is 6.07 Å². The minimum Gasteiger partial charge on any atom is -0.358 e. The smallest absolute Gasteiger partial charge is 0.243 e. The van der Waals surface area contributed by atoms with Gasteiger partial charge in [0.25, 0.3) is 0 Å². The first kappa shape index (κ1) is 16.2. The molecule has 25 heavy (non-hydrogen) atoms. The number of sulfonamides is 1. The van der Waals surface area contributed by atoms with Crippen molar-refractivity contribution in [3.05, 3.63) is 64.9 Å². The Bertz CT molecular complexity index is 1090. The number of aryl methyl sites for hydroxylation is 1. The van der Waals surface area contributed by atoms with Crippen molar-refractivity contribution in [3.63, 3.8) is 0 Å². The van der Waals surface area contributed by atoms with Gasteiger partial charge in [0.1, 0.15) is 11.6 Å². The number of nitrogens with zero attached hydrogens (tertiary/aromatic N) is 1. The predicted molar refractivity (Wildman–Crippen MR) is 90.7 cm³/mol. The number of hydrogen-bond donors (Lipinski definition) is 1. The molecule has 0 unspecified atom stereocenters. The third-order valence-corrected chi connectivity index (χ3v) is 6.51. The van der Waals surface area contributed by atoms with Crippen LogP contribution in [0, 0.1) is 18.6 Å². The van der Waals surface area contributed by atoms with Gasteiger partial charge in [0.2, 0.25) is 10.0 Å². The van der Waals surface area contributed by atoms with Crippen molar-refractivity contribution >= 4 is 20.9 Å². The SMILES string of the molecule is Cc1cc(S(=O)(=O)N2CCc3[nH]c4cc(F)ccc4c3C2)ccc1F. The van der Waals surface area contributed by atoms with Gasteiger partial charge in [-0.15, -0.1) is 0 Å². The van der Waals surface area contributed by atoms with Crippen molar-refractivity contribution in [2.24, 2.45) is 0 Å². The van der Waals surface area contributed by atoms with E-state index in [0.717, 1.165) is 16.6 Å². The summed E-state index contributed by atoms with van der Waals surface area (Å²) in [7, 11) is -3.72. The van der Waals surface area contributed by atoms with E-state index in [0.29, 0.717) is 24.0 Å². The molecule has 0 spiro atoms. The summed E-state index contributed by atoms with van der Waals surface area (Å²) in [5.41, 5.74) is 2.76. The first-order chi connectivity index (χ1) is 11.9. The number of nitrogens with one attached hydrogen (secondary N) is 1. The standard InChI is InChI=1S/C18H16F2N2O2S/c1-11-8-13(3-5-16(11)20)25(23,24)22-7-6-17-15(10-22)14-4-2-12(19)9-18(14)21-17/h2-5,8-9,21H,6-7,10H2,1H3. The summed E-state index contributed by atoms with van der Waals surface area (Å²) in [6.45, 7) is 2.07. The Morgan fingerprint density at radius 2 is 1.92 bits per heavy atom. The molecule has 0 amide bonds. The van der Waals surface area contributed by atoms with Crippen LogP contribution in [-0.4, -0.2) is 24.3 Å². The summed E-state index contributed by atoms with van der Waals surface area (Å²) in [4.78, 5) is 3.26. The summed E-state index contributed by atoms with van der Waals surface area (Å²) in [5, 5.41) is 0.826. The summed E-state index contributed by atoms with van der Waals surface area (Å²) in [6.07, 6.45) is 0.519. The van der Waals surface area contributed by atoms with Gasteiger partial charge in [-0.05, 0) is 54.4 Å². The lowest BCUT2D eigenvalue weighted by molar-refractivity contribution is 0.391. The molecule has 1 N–H and O–H groups in total. The number of rotatable bonds is 2. The summed E-state index contributed by atoms with van der Waals surface area (Å²) in [6, 6.07) is 8.26. The second-order valence-electron chi connectivity index (χ2n) is 6.27. The van der Waals surface area contributed by atoms with Gasteiger partial charge in [-0.25, -0.2) is 17.2 Å². The molecule has 0 radical (unpaired) electrons. The normalized spacial score (nSPS) is 15.5. The molecule has 1 aliphatic heterocycles. The number of fused-ring (bicyclic) bond motifs is 3. The Hall–Kier alpha value is -2.25. The zero-order chi connectivity index (χ0) is 17.8. The van der Waals surface area contributed by atoms with E-state index in [4.69, 9.17) is 0 Å². The van der Waals surface area contributed by atoms with Crippen molar-refractivity contribution in [2.75, 3.05) is 6.54 Å². The van der Waals surface area contributed by atoms with Crippen LogP contribution >= 0.6 is 0 Å². The van der Waals surface area contributed by atoms with Crippen molar-refractivity contribution in [3.8, 4) is 0 Å². The van der Waals surface area contributed by atoms with Crippen LogP contribution in [0.15, 0.2) is 41.3 Å². The monoisotopic (exact) mass is 362 g/mol. The second kappa shape index (κ2) is 5.64. The van der Waals surface area contributed by atoms with Gasteiger partial charge in [0, 0.05) is 36.1 Å². The molecule has 0 aliphatic carbocycles. The number of aromatic amines is 1. The van der Waals surface area contributed by atoms with Crippen LogP contribution in [0.25, 0.3) is 10.9 Å². The molecule has 0 bridgehead atoms. The van der Waals surface area contributed by atoms with Crippen LogP contribution in [0.3, 0.4) is 0 Å². The molecule has 3 aromatic rings. The van der Waals surface area contributed by atoms with Crippen molar-refractivity contribution in [2.45, 2.75) is 24.8 Å². The maximum absolute atomic E-state index is 13.4. The Balaban J connectivity index is 1.74. The number of hydrogen-bond acceptors (Lipinski definition) is 2. The van der Waals surface area contributed by atoms with Crippen molar-refractivity contribution < 1.29 is 17.2 Å². The van der Waals surface area contributed by atoms with Crippen molar-refractivity contribution in [1.29, 1.82) is 0 Å². The van der Waals surface area contributed by atoms with E-state index in [1.165, 1.54) is 41.6 Å². The zero-order valence-corrected chi connectivity index (χ0v) is 14.3. The van der Waals surface area contributed by atoms with Crippen molar-refractivity contribution in [1.82, 2.24) is 9.29 Å². The first-order valence-electron chi connectivity index (χ1n) is 7.91. The third kappa shape index (κ3) is 2.63. The van der Waals surface area contributed by atoms with E-state index in [-0.39, 0.29) is 17.3 Å².